The molecule has 0 aliphatic carbocycles. The number of alkyl halides is 3. The minimum atomic E-state index is -5.31. The Hall–Kier alpha value is -0.300. The quantitative estimate of drug-likeness (QED) is 0.580. The maximum atomic E-state index is 11.5. The number of rotatable bonds is 2. The second kappa shape index (κ2) is 2.14. The summed E-state index contributed by atoms with van der Waals surface area (Å²) >= 11 is 0. The van der Waals surface area contributed by atoms with E-state index in [9.17, 15) is 21.6 Å². The van der Waals surface area contributed by atoms with Gasteiger partial charge in [0.2, 0.25) is 0 Å². The summed E-state index contributed by atoms with van der Waals surface area (Å²) in [5, 5.41) is 1.17. The van der Waals surface area contributed by atoms with E-state index in [2.05, 4.69) is 0 Å². The average Bonchev–Trinajstić information content (AvgIpc) is 1.64. The molecule has 0 heterocycles. The Morgan fingerprint density at radius 2 is 1.78 bits per heavy atom. The Kier molecular flexibility index (Phi) is 2.07. The van der Waals surface area contributed by atoms with Gasteiger partial charge in [-0.1, -0.05) is 0 Å². The van der Waals surface area contributed by atoms with Crippen LogP contribution in [0.4, 0.5) is 13.2 Å². The van der Waals surface area contributed by atoms with Crippen LogP contribution in [0.25, 0.3) is 0 Å². The normalized spacial score (nSPS) is 13.8. The van der Waals surface area contributed by atoms with E-state index in [1.54, 1.807) is 0 Å². The molecule has 7 heteroatoms. The van der Waals surface area contributed by atoms with E-state index >= 15 is 0 Å². The minimum Gasteiger partial charge on any atom is -0.243 e. The maximum Gasteiger partial charge on any atom is 0.387 e. The van der Waals surface area contributed by atoms with Gasteiger partial charge in [0.25, 0.3) is 10.0 Å². The highest BCUT2D eigenvalue weighted by molar-refractivity contribution is 7.89. The van der Waals surface area contributed by atoms with Crippen molar-refractivity contribution in [2.24, 2.45) is 0 Å². The summed E-state index contributed by atoms with van der Waals surface area (Å²) in [7, 11) is -5.31. The lowest BCUT2D eigenvalue weighted by atomic mass is 10.8. The van der Waals surface area contributed by atoms with Gasteiger partial charge in [-0.15, -0.1) is 5.14 Å². The molecule has 0 amide bonds. The zero-order valence-corrected chi connectivity index (χ0v) is 4.88. The van der Waals surface area contributed by atoms with Crippen LogP contribution in [0.3, 0.4) is 0 Å². The third kappa shape index (κ3) is 1.83. The molecule has 3 nitrogen and oxygen atoms in total. The molecule has 0 bridgehead atoms. The van der Waals surface area contributed by atoms with Crippen LogP contribution in [0, 0.1) is 0 Å². The summed E-state index contributed by atoms with van der Waals surface area (Å²) in [4.78, 5) is 0. The molecule has 0 saturated heterocycles. The van der Waals surface area contributed by atoms with Crippen molar-refractivity contribution in [3.05, 3.63) is 0 Å². The smallest absolute Gasteiger partial charge is 0.243 e. The first-order valence-electron chi connectivity index (χ1n) is 1.74. The molecule has 0 aliphatic rings. The van der Waals surface area contributed by atoms with Gasteiger partial charge < -0.3 is 0 Å². The van der Waals surface area contributed by atoms with Gasteiger partial charge in [-0.05, 0) is 0 Å². The topological polar surface area (TPSA) is 57.9 Å². The van der Waals surface area contributed by atoms with E-state index in [-0.39, 0.29) is 0 Å². The number of sulfonamides is 1. The van der Waals surface area contributed by atoms with Crippen LogP contribution in [0.5, 0.6) is 0 Å². The van der Waals surface area contributed by atoms with Crippen molar-refractivity contribution in [2.45, 2.75) is 5.25 Å². The summed E-state index contributed by atoms with van der Waals surface area (Å²) in [6.07, 6.45) is 0. The zero-order valence-electron chi connectivity index (χ0n) is 4.07. The second-order valence-corrected chi connectivity index (χ2v) is 2.88. The fourth-order valence-electron chi connectivity index (χ4n) is 0.0718. The lowest BCUT2D eigenvalue weighted by molar-refractivity contribution is 0.0618. The van der Waals surface area contributed by atoms with E-state index < -0.39 is 22.0 Å². The van der Waals surface area contributed by atoms with Gasteiger partial charge in [0.1, 0.15) is 0 Å². The number of hydrogen-bond donors (Lipinski definition) is 0. The first-order chi connectivity index (χ1) is 3.81. The Morgan fingerprint density at radius 3 is 1.78 bits per heavy atom. The number of hydrogen-bond acceptors (Lipinski definition) is 2. The summed E-state index contributed by atoms with van der Waals surface area (Å²) in [5.74, 6) is 0. The molecule has 0 aromatic carbocycles. The molecule has 0 rings (SSSR count). The molecule has 0 aromatic heterocycles. The largest absolute Gasteiger partial charge is 0.387 e. The van der Waals surface area contributed by atoms with Gasteiger partial charge in [0, 0.05) is 0 Å². The van der Waals surface area contributed by atoms with Crippen molar-refractivity contribution in [1.29, 1.82) is 0 Å². The first-order valence-corrected chi connectivity index (χ1v) is 3.22. The molecular formula is C2H3F3NO2S. The van der Waals surface area contributed by atoms with E-state index in [1.807, 2.05) is 0 Å². The zero-order chi connectivity index (χ0) is 7.71. The lowest BCUT2D eigenvalue weighted by Crippen LogP contribution is -2.31. The summed E-state index contributed by atoms with van der Waals surface area (Å²) in [6.45, 7) is -2.35. The van der Waals surface area contributed by atoms with Crippen LogP contribution in [-0.2, 0) is 10.0 Å². The number of nitrogens with one attached hydrogen (secondary N) is 1. The van der Waals surface area contributed by atoms with E-state index in [0.717, 1.165) is 0 Å². The molecule has 0 saturated carbocycles. The van der Waals surface area contributed by atoms with Gasteiger partial charge in [-0.25, -0.2) is 12.8 Å². The van der Waals surface area contributed by atoms with Crippen LogP contribution in [0.1, 0.15) is 0 Å². The molecule has 0 unspecified atom stereocenters. The highest BCUT2D eigenvalue weighted by Crippen LogP contribution is 2.19. The van der Waals surface area contributed by atoms with E-state index in [4.69, 9.17) is 5.14 Å². The number of halogens is 3. The Balaban J connectivity index is 4.56. The molecule has 1 radical (unpaired) electrons. The molecular weight excluding hydrogens is 159 g/mol. The molecule has 0 aromatic rings. The summed E-state index contributed by atoms with van der Waals surface area (Å²) in [5.41, 5.74) is 0. The molecule has 0 aliphatic heterocycles. The minimum absolute atomic E-state index is 2.35. The predicted molar refractivity (Wildman–Crippen MR) is 22.9 cm³/mol. The Bertz CT molecular complexity index is 186. The van der Waals surface area contributed by atoms with E-state index in [0.29, 0.717) is 0 Å². The van der Waals surface area contributed by atoms with Crippen molar-refractivity contribution in [2.75, 3.05) is 6.67 Å². The van der Waals surface area contributed by atoms with Crippen molar-refractivity contribution in [1.82, 2.24) is 5.14 Å². The van der Waals surface area contributed by atoms with Crippen molar-refractivity contribution in [3.63, 3.8) is 0 Å². The Labute approximate surface area is 49.7 Å². The SMILES string of the molecule is [NH]S(=O)(=O)C(F)(F)CF. The van der Waals surface area contributed by atoms with Crippen LogP contribution in [0.2, 0.25) is 0 Å². The van der Waals surface area contributed by atoms with Gasteiger partial charge in [0.05, 0.1) is 0 Å². The van der Waals surface area contributed by atoms with Gasteiger partial charge in [-0.3, -0.25) is 0 Å². The fourth-order valence-corrected chi connectivity index (χ4v) is 0.215. The van der Waals surface area contributed by atoms with Crippen LogP contribution >= 0.6 is 0 Å². The third-order valence-electron chi connectivity index (χ3n) is 0.549. The molecule has 0 fully saturated rings. The average molecular weight is 162 g/mol. The van der Waals surface area contributed by atoms with Crippen LogP contribution in [-0.4, -0.2) is 20.3 Å². The third-order valence-corrected chi connectivity index (χ3v) is 1.44. The van der Waals surface area contributed by atoms with Gasteiger partial charge in [-0.2, -0.15) is 8.78 Å². The first kappa shape index (κ1) is 8.70. The lowest BCUT2D eigenvalue weighted by Gasteiger charge is -2.05. The predicted octanol–water partition coefficient (Wildman–Crippen LogP) is 0.161. The summed E-state index contributed by atoms with van der Waals surface area (Å²) in [6, 6.07) is 0. The van der Waals surface area contributed by atoms with Crippen LogP contribution < -0.4 is 5.14 Å². The molecule has 0 atom stereocenters. The second-order valence-electron chi connectivity index (χ2n) is 1.27. The molecule has 1 N–H and O–H groups in total. The monoisotopic (exact) mass is 162 g/mol. The molecule has 55 valence electrons. The standard InChI is InChI=1S/C2H3F3NO2S/c3-1-2(4,5)9(6,7)8/h6H,1H2. The Morgan fingerprint density at radius 1 is 1.44 bits per heavy atom. The summed E-state index contributed by atoms with van der Waals surface area (Å²) < 4.78 is 53.2. The van der Waals surface area contributed by atoms with Crippen molar-refractivity contribution in [3.8, 4) is 0 Å². The maximum absolute atomic E-state index is 11.5. The molecule has 0 spiro atoms. The fraction of sp³-hybridized carbons (Fsp3) is 1.00. The van der Waals surface area contributed by atoms with Gasteiger partial charge in [0.15, 0.2) is 6.67 Å². The highest BCUT2D eigenvalue weighted by atomic mass is 32.2. The van der Waals surface area contributed by atoms with Crippen LogP contribution in [0.15, 0.2) is 0 Å². The van der Waals surface area contributed by atoms with Crippen molar-refractivity contribution >= 4 is 10.0 Å². The van der Waals surface area contributed by atoms with E-state index in [1.165, 1.54) is 0 Å². The molecule has 9 heavy (non-hydrogen) atoms. The van der Waals surface area contributed by atoms with Gasteiger partial charge >= 0.3 is 5.25 Å². The highest BCUT2D eigenvalue weighted by Gasteiger charge is 2.43. The van der Waals surface area contributed by atoms with Crippen molar-refractivity contribution < 1.29 is 21.6 Å².